The summed E-state index contributed by atoms with van der Waals surface area (Å²) in [5.41, 5.74) is 9.22. The van der Waals surface area contributed by atoms with Crippen LogP contribution >= 0.6 is 0 Å². The molecule has 1 atom stereocenters. The maximum atomic E-state index is 5.42. The van der Waals surface area contributed by atoms with Crippen molar-refractivity contribution in [2.75, 3.05) is 0 Å². The molecule has 0 aromatic carbocycles. The van der Waals surface area contributed by atoms with Crippen molar-refractivity contribution in [1.29, 1.82) is 0 Å². The van der Waals surface area contributed by atoms with Gasteiger partial charge in [0, 0.05) is 18.5 Å². The second kappa shape index (κ2) is 2.83. The largest absolute Gasteiger partial charge is 0.390 e. The zero-order valence-electron chi connectivity index (χ0n) is 6.40. The minimum atomic E-state index is 0.0266. The monoisotopic (exact) mass is 163 g/mol. The van der Waals surface area contributed by atoms with Crippen LogP contribution < -0.4 is 11.2 Å². The van der Waals surface area contributed by atoms with E-state index in [0.717, 1.165) is 5.56 Å². The number of hydroxylamine groups is 1. The van der Waals surface area contributed by atoms with Gasteiger partial charge in [0.15, 0.2) is 0 Å². The van der Waals surface area contributed by atoms with Gasteiger partial charge in [0.25, 0.3) is 0 Å². The summed E-state index contributed by atoms with van der Waals surface area (Å²) in [6.07, 6.45) is 5.31. The van der Waals surface area contributed by atoms with Crippen molar-refractivity contribution in [2.24, 2.45) is 5.73 Å². The maximum absolute atomic E-state index is 5.42. The van der Waals surface area contributed by atoms with Crippen molar-refractivity contribution in [3.8, 4) is 0 Å². The van der Waals surface area contributed by atoms with Gasteiger partial charge in [-0.1, -0.05) is 6.07 Å². The molecule has 2 rings (SSSR count). The van der Waals surface area contributed by atoms with Crippen molar-refractivity contribution in [3.05, 3.63) is 42.0 Å². The third-order valence-electron chi connectivity index (χ3n) is 1.68. The van der Waals surface area contributed by atoms with E-state index >= 15 is 0 Å². The topological polar surface area (TPSA) is 60.2 Å². The summed E-state index contributed by atoms with van der Waals surface area (Å²) in [6.45, 7) is 0. The number of pyridine rings is 1. The van der Waals surface area contributed by atoms with Gasteiger partial charge in [-0.05, 0) is 11.6 Å². The summed E-state index contributed by atoms with van der Waals surface area (Å²) in [6, 6.07) is 3.86. The minimum Gasteiger partial charge on any atom is -0.390 e. The first-order chi connectivity index (χ1) is 5.86. The Labute approximate surface area is 70.0 Å². The molecule has 0 spiro atoms. The lowest BCUT2D eigenvalue weighted by Gasteiger charge is -2.05. The Kier molecular flexibility index (Phi) is 1.68. The molecule has 0 radical (unpaired) electrons. The molecule has 0 amide bonds. The Bertz CT molecular complexity index is 296. The maximum Gasteiger partial charge on any atom is 0.207 e. The molecule has 12 heavy (non-hydrogen) atoms. The van der Waals surface area contributed by atoms with E-state index in [1.54, 1.807) is 18.5 Å². The average Bonchev–Trinajstić information content (AvgIpc) is 2.54. The number of nitrogens with two attached hydrogens (primary N) is 1. The quantitative estimate of drug-likeness (QED) is 0.631. The lowest BCUT2D eigenvalue weighted by molar-refractivity contribution is 0.114. The number of nitrogens with zero attached hydrogens (tertiary/aromatic N) is 1. The zero-order chi connectivity index (χ0) is 8.39. The van der Waals surface area contributed by atoms with Crippen LogP contribution in [0.3, 0.4) is 0 Å². The van der Waals surface area contributed by atoms with Gasteiger partial charge in [0.05, 0.1) is 6.04 Å². The summed E-state index contributed by atoms with van der Waals surface area (Å²) < 4.78 is 0. The Hall–Kier alpha value is -1.55. The predicted octanol–water partition coefficient (Wildman–Crippen LogP) is 0.458. The highest BCUT2D eigenvalue weighted by molar-refractivity contribution is 5.20. The Morgan fingerprint density at radius 1 is 1.58 bits per heavy atom. The van der Waals surface area contributed by atoms with Crippen LogP contribution in [-0.2, 0) is 4.84 Å². The average molecular weight is 163 g/mol. The Morgan fingerprint density at radius 2 is 2.50 bits per heavy atom. The molecule has 62 valence electrons. The first-order valence-electron chi connectivity index (χ1n) is 3.66. The van der Waals surface area contributed by atoms with Gasteiger partial charge in [0.1, 0.15) is 0 Å². The summed E-state index contributed by atoms with van der Waals surface area (Å²) in [4.78, 5) is 8.87. The number of aromatic nitrogens is 1. The molecule has 1 aliphatic rings. The van der Waals surface area contributed by atoms with Crippen molar-refractivity contribution >= 4 is 0 Å². The van der Waals surface area contributed by atoms with Crippen LogP contribution in [0, 0.1) is 0 Å². The molecule has 1 aromatic heterocycles. The number of nitrogens with one attached hydrogen (secondary N) is 1. The second-order valence-corrected chi connectivity index (χ2v) is 2.55. The lowest BCUT2D eigenvalue weighted by atomic mass is 10.1. The van der Waals surface area contributed by atoms with Gasteiger partial charge in [-0.25, -0.2) is 0 Å². The summed E-state index contributed by atoms with van der Waals surface area (Å²) in [5, 5.41) is 0. The fourth-order valence-electron chi connectivity index (χ4n) is 1.09. The fourth-order valence-corrected chi connectivity index (χ4v) is 1.09. The molecular weight excluding hydrogens is 154 g/mol. The van der Waals surface area contributed by atoms with Gasteiger partial charge in [-0.15, -0.1) is 5.48 Å². The van der Waals surface area contributed by atoms with E-state index in [1.807, 2.05) is 12.1 Å². The molecule has 0 saturated carbocycles. The highest BCUT2D eigenvalue weighted by Gasteiger charge is 2.15. The van der Waals surface area contributed by atoms with E-state index in [1.165, 1.54) is 0 Å². The van der Waals surface area contributed by atoms with Crippen LogP contribution in [0.25, 0.3) is 0 Å². The highest BCUT2D eigenvalue weighted by atomic mass is 16.7. The standard InChI is InChI=1S/C8H9N3O/c9-8-4-7(11-12-8)6-2-1-3-10-5-6/h1-5,7,11H,9H2. The second-order valence-electron chi connectivity index (χ2n) is 2.55. The SMILES string of the molecule is NC1=CC(c2cccnc2)NO1. The van der Waals surface area contributed by atoms with E-state index in [9.17, 15) is 0 Å². The van der Waals surface area contributed by atoms with Gasteiger partial charge < -0.3 is 10.6 Å². The van der Waals surface area contributed by atoms with Crippen molar-refractivity contribution in [2.45, 2.75) is 6.04 Å². The molecule has 2 heterocycles. The van der Waals surface area contributed by atoms with Crippen molar-refractivity contribution < 1.29 is 4.84 Å². The first-order valence-corrected chi connectivity index (χ1v) is 3.66. The van der Waals surface area contributed by atoms with Crippen molar-refractivity contribution in [1.82, 2.24) is 10.5 Å². The normalized spacial score (nSPS) is 21.7. The van der Waals surface area contributed by atoms with E-state index in [4.69, 9.17) is 10.6 Å². The van der Waals surface area contributed by atoms with Gasteiger partial charge in [-0.3, -0.25) is 4.98 Å². The first kappa shape index (κ1) is 7.12. The number of hydrogen-bond donors (Lipinski definition) is 2. The minimum absolute atomic E-state index is 0.0266. The van der Waals surface area contributed by atoms with Crippen LogP contribution in [-0.4, -0.2) is 4.98 Å². The molecular formula is C8H9N3O. The van der Waals surface area contributed by atoms with Gasteiger partial charge in [-0.2, -0.15) is 0 Å². The van der Waals surface area contributed by atoms with Crippen LogP contribution in [0.4, 0.5) is 0 Å². The Morgan fingerprint density at radius 3 is 3.08 bits per heavy atom. The predicted molar refractivity (Wildman–Crippen MR) is 43.5 cm³/mol. The fraction of sp³-hybridized carbons (Fsp3) is 0.125. The molecule has 0 fully saturated rings. The Balaban J connectivity index is 2.22. The third kappa shape index (κ3) is 1.24. The number of hydrogen-bond acceptors (Lipinski definition) is 4. The highest BCUT2D eigenvalue weighted by Crippen LogP contribution is 2.18. The molecule has 0 aliphatic carbocycles. The summed E-state index contributed by atoms with van der Waals surface area (Å²) in [7, 11) is 0. The van der Waals surface area contributed by atoms with Gasteiger partial charge in [0.2, 0.25) is 5.88 Å². The molecule has 1 unspecified atom stereocenters. The molecule has 0 saturated heterocycles. The zero-order valence-corrected chi connectivity index (χ0v) is 6.40. The van der Waals surface area contributed by atoms with Crippen molar-refractivity contribution in [3.63, 3.8) is 0 Å². The lowest BCUT2D eigenvalue weighted by Crippen LogP contribution is -2.13. The molecule has 0 bridgehead atoms. The smallest absolute Gasteiger partial charge is 0.207 e. The van der Waals surface area contributed by atoms with E-state index in [0.29, 0.717) is 5.88 Å². The van der Waals surface area contributed by atoms with Crippen LogP contribution in [0.2, 0.25) is 0 Å². The summed E-state index contributed by atoms with van der Waals surface area (Å²) >= 11 is 0. The number of rotatable bonds is 1. The molecule has 3 N–H and O–H groups in total. The third-order valence-corrected chi connectivity index (χ3v) is 1.68. The molecule has 4 nitrogen and oxygen atoms in total. The molecule has 1 aliphatic heterocycles. The molecule has 4 heteroatoms. The molecule has 1 aromatic rings. The van der Waals surface area contributed by atoms with Crippen LogP contribution in [0.1, 0.15) is 11.6 Å². The summed E-state index contributed by atoms with van der Waals surface area (Å²) in [5.74, 6) is 0.406. The van der Waals surface area contributed by atoms with Gasteiger partial charge >= 0.3 is 0 Å². The van der Waals surface area contributed by atoms with E-state index in [2.05, 4.69) is 10.5 Å². The van der Waals surface area contributed by atoms with E-state index in [-0.39, 0.29) is 6.04 Å². The van der Waals surface area contributed by atoms with Crippen LogP contribution in [0.5, 0.6) is 0 Å². The van der Waals surface area contributed by atoms with E-state index < -0.39 is 0 Å². The van der Waals surface area contributed by atoms with Crippen LogP contribution in [0.15, 0.2) is 36.5 Å².